The third kappa shape index (κ3) is 4.74. The van der Waals surface area contributed by atoms with E-state index in [4.69, 9.17) is 15.0 Å². The molecule has 0 saturated heterocycles. The number of hydrogen-bond acceptors (Lipinski definition) is 3. The highest BCUT2D eigenvalue weighted by Gasteiger charge is 2.23. The lowest BCUT2D eigenvalue weighted by molar-refractivity contribution is 0.776. The molecule has 0 radical (unpaired) electrons. The smallest absolute Gasteiger partial charge is 0.164 e. The molecule has 4 aromatic heterocycles. The van der Waals surface area contributed by atoms with Gasteiger partial charge >= 0.3 is 0 Å². The van der Waals surface area contributed by atoms with Gasteiger partial charge in [0, 0.05) is 54.7 Å². The third-order valence-corrected chi connectivity index (χ3v) is 11.3. The number of rotatable bonds is 5. The van der Waals surface area contributed by atoms with E-state index in [9.17, 15) is 0 Å². The van der Waals surface area contributed by atoms with E-state index >= 15 is 0 Å². The molecular weight excluding hydrogens is 697 g/mol. The van der Waals surface area contributed by atoms with Crippen molar-refractivity contribution in [2.24, 2.45) is 0 Å². The van der Waals surface area contributed by atoms with E-state index in [1.165, 1.54) is 32.3 Å². The predicted octanol–water partition coefficient (Wildman–Crippen LogP) is 12.5. The van der Waals surface area contributed by atoms with Gasteiger partial charge < -0.3 is 4.57 Å². The molecule has 0 amide bonds. The molecule has 0 saturated carbocycles. The molecule has 0 N–H and O–H groups in total. The summed E-state index contributed by atoms with van der Waals surface area (Å²) >= 11 is 0. The molecule has 12 rings (SSSR count). The molecule has 0 fully saturated rings. The van der Waals surface area contributed by atoms with E-state index < -0.39 is 0 Å². The summed E-state index contributed by atoms with van der Waals surface area (Å²) in [6.07, 6.45) is 0. The number of fused-ring (bicyclic) bond motifs is 10. The first-order valence-corrected chi connectivity index (χ1v) is 19.2. The van der Waals surface area contributed by atoms with Gasteiger partial charge in [-0.2, -0.15) is 0 Å². The molecule has 0 aliphatic rings. The maximum Gasteiger partial charge on any atom is 0.164 e. The Bertz CT molecular complexity index is 3390. The first-order chi connectivity index (χ1) is 28.3. The zero-order valence-electron chi connectivity index (χ0n) is 30.7. The number of nitrogens with zero attached hydrogens (tertiary/aromatic N) is 6. The summed E-state index contributed by atoms with van der Waals surface area (Å²) in [4.78, 5) is 14.9. The Morgan fingerprint density at radius 1 is 0.263 bits per heavy atom. The summed E-state index contributed by atoms with van der Waals surface area (Å²) in [5, 5.41) is 7.27. The second-order valence-corrected chi connectivity index (χ2v) is 14.5. The maximum atomic E-state index is 5.01. The Labute approximate surface area is 327 Å². The molecule has 0 atom stereocenters. The number of aromatic nitrogens is 6. The quantitative estimate of drug-likeness (QED) is 0.177. The fourth-order valence-corrected chi connectivity index (χ4v) is 8.77. The Kier molecular flexibility index (Phi) is 6.83. The molecule has 0 bridgehead atoms. The molecule has 12 aromatic rings. The van der Waals surface area contributed by atoms with Crippen molar-refractivity contribution in [3.05, 3.63) is 194 Å². The van der Waals surface area contributed by atoms with Crippen molar-refractivity contribution in [3.63, 3.8) is 0 Å². The SMILES string of the molecule is c1ccc(-c2nc(-c3ccccc3)nc(-c3ccc(-n4c5ccccc5c5ccc6c7ccccc7n(-n7c8ccccc8c8ccccc87)c6c54)cc3)n2)cc1. The molecule has 0 aliphatic carbocycles. The first kappa shape index (κ1) is 31.5. The highest BCUT2D eigenvalue weighted by Crippen LogP contribution is 2.42. The van der Waals surface area contributed by atoms with Crippen molar-refractivity contribution < 1.29 is 0 Å². The van der Waals surface area contributed by atoms with Crippen molar-refractivity contribution in [2.75, 3.05) is 0 Å². The Balaban J connectivity index is 1.13. The number of para-hydroxylation sites is 4. The van der Waals surface area contributed by atoms with Crippen molar-refractivity contribution in [1.82, 2.24) is 28.9 Å². The monoisotopic (exact) mass is 728 g/mol. The second-order valence-electron chi connectivity index (χ2n) is 14.5. The fraction of sp³-hybridized carbons (Fsp3) is 0. The van der Waals surface area contributed by atoms with Crippen molar-refractivity contribution in [1.29, 1.82) is 0 Å². The summed E-state index contributed by atoms with van der Waals surface area (Å²) in [6.45, 7) is 0. The van der Waals surface area contributed by atoms with Gasteiger partial charge in [-0.05, 0) is 48.5 Å². The van der Waals surface area contributed by atoms with Crippen LogP contribution in [0.2, 0.25) is 0 Å². The van der Waals surface area contributed by atoms with E-state index in [1.807, 2.05) is 60.7 Å². The van der Waals surface area contributed by atoms with E-state index in [1.54, 1.807) is 0 Å². The average molecular weight is 729 g/mol. The first-order valence-electron chi connectivity index (χ1n) is 19.2. The molecule has 4 heterocycles. The highest BCUT2D eigenvalue weighted by atomic mass is 15.5. The van der Waals surface area contributed by atoms with Crippen LogP contribution < -0.4 is 0 Å². The summed E-state index contributed by atoms with van der Waals surface area (Å²) in [5.74, 6) is 1.92. The molecule has 8 aromatic carbocycles. The minimum atomic E-state index is 0.630. The van der Waals surface area contributed by atoms with Crippen LogP contribution in [-0.2, 0) is 0 Å². The summed E-state index contributed by atoms with van der Waals surface area (Å²) < 4.78 is 7.29. The van der Waals surface area contributed by atoms with Crippen LogP contribution in [0.25, 0.3) is 105 Å². The van der Waals surface area contributed by atoms with Crippen molar-refractivity contribution in [3.8, 4) is 39.9 Å². The summed E-state index contributed by atoms with van der Waals surface area (Å²) in [5.41, 5.74) is 10.8. The predicted molar refractivity (Wildman–Crippen MR) is 234 cm³/mol. The number of hydrogen-bond donors (Lipinski definition) is 0. The standard InChI is InChI=1S/C51H32N6/c1-3-15-33(16-4-1)49-52-50(34-17-5-2-6-18-34)54-51(53-49)35-27-29-36(30-28-35)55-43-23-11-7-21-39(43)41-31-32-42-40-22-10-14-26-46(40)57(48(42)47(41)55)56-44-24-12-8-19-37(44)38-20-9-13-25-45(38)56/h1-32H. The molecule has 266 valence electrons. The topological polar surface area (TPSA) is 53.5 Å². The van der Waals surface area contributed by atoms with Crippen molar-refractivity contribution in [2.45, 2.75) is 0 Å². The lowest BCUT2D eigenvalue weighted by Gasteiger charge is -2.15. The van der Waals surface area contributed by atoms with E-state index in [0.29, 0.717) is 17.5 Å². The largest absolute Gasteiger partial charge is 0.307 e. The van der Waals surface area contributed by atoms with Crippen LogP contribution in [0, 0.1) is 0 Å². The highest BCUT2D eigenvalue weighted by molar-refractivity contribution is 6.23. The lowest BCUT2D eigenvalue weighted by atomic mass is 10.1. The van der Waals surface area contributed by atoms with Gasteiger partial charge in [0.05, 0.1) is 33.1 Å². The van der Waals surface area contributed by atoms with Crippen LogP contribution in [-0.4, -0.2) is 28.9 Å². The van der Waals surface area contributed by atoms with E-state index in [-0.39, 0.29) is 0 Å². The number of benzene rings is 8. The van der Waals surface area contributed by atoms with Gasteiger partial charge in [0.15, 0.2) is 17.5 Å². The van der Waals surface area contributed by atoms with Gasteiger partial charge in [-0.25, -0.2) is 24.3 Å². The van der Waals surface area contributed by atoms with E-state index in [2.05, 4.69) is 147 Å². The van der Waals surface area contributed by atoms with Crippen LogP contribution in [0.3, 0.4) is 0 Å². The minimum Gasteiger partial charge on any atom is -0.307 e. The molecule has 57 heavy (non-hydrogen) atoms. The molecule has 0 unspecified atom stereocenters. The van der Waals surface area contributed by atoms with Crippen LogP contribution in [0.4, 0.5) is 0 Å². The fourth-order valence-electron chi connectivity index (χ4n) is 8.77. The molecule has 6 nitrogen and oxygen atoms in total. The third-order valence-electron chi connectivity index (χ3n) is 11.3. The average Bonchev–Trinajstić information content (AvgIpc) is 3.92. The van der Waals surface area contributed by atoms with Gasteiger partial charge in [0.2, 0.25) is 0 Å². The van der Waals surface area contributed by atoms with Gasteiger partial charge in [-0.15, -0.1) is 0 Å². The van der Waals surface area contributed by atoms with Crippen LogP contribution in [0.1, 0.15) is 0 Å². The summed E-state index contributed by atoms with van der Waals surface area (Å²) in [6, 6.07) is 68.5. The van der Waals surface area contributed by atoms with Gasteiger partial charge in [-0.1, -0.05) is 146 Å². The molecule has 0 spiro atoms. The maximum absolute atomic E-state index is 5.01. The molecule has 6 heteroatoms. The Hall–Kier alpha value is -7.83. The van der Waals surface area contributed by atoms with Gasteiger partial charge in [0.1, 0.15) is 0 Å². The minimum absolute atomic E-state index is 0.630. The normalized spacial score (nSPS) is 11.9. The lowest BCUT2D eigenvalue weighted by Crippen LogP contribution is -2.09. The van der Waals surface area contributed by atoms with Gasteiger partial charge in [-0.3, -0.25) is 0 Å². The van der Waals surface area contributed by atoms with Crippen LogP contribution >= 0.6 is 0 Å². The van der Waals surface area contributed by atoms with Crippen LogP contribution in [0.15, 0.2) is 194 Å². The molecule has 0 aliphatic heterocycles. The second kappa shape index (κ2) is 12.3. The zero-order chi connectivity index (χ0) is 37.5. The van der Waals surface area contributed by atoms with Crippen LogP contribution in [0.5, 0.6) is 0 Å². The zero-order valence-corrected chi connectivity index (χ0v) is 30.7. The Morgan fingerprint density at radius 2 is 0.632 bits per heavy atom. The van der Waals surface area contributed by atoms with E-state index in [0.717, 1.165) is 55.5 Å². The van der Waals surface area contributed by atoms with Crippen molar-refractivity contribution >= 4 is 65.4 Å². The molecular formula is C51H32N6. The Morgan fingerprint density at radius 3 is 1.14 bits per heavy atom. The summed E-state index contributed by atoms with van der Waals surface area (Å²) in [7, 11) is 0. The van der Waals surface area contributed by atoms with Gasteiger partial charge in [0.25, 0.3) is 0 Å².